The van der Waals surface area contributed by atoms with Crippen LogP contribution in [0.15, 0.2) is 0 Å². The molecule has 88 valence electrons. The summed E-state index contributed by atoms with van der Waals surface area (Å²) < 4.78 is 5.01. The van der Waals surface area contributed by atoms with Crippen LogP contribution in [-0.4, -0.2) is 17.9 Å². The van der Waals surface area contributed by atoms with E-state index in [1.165, 1.54) is 6.92 Å². The Morgan fingerprint density at radius 3 is 1.93 bits per heavy atom. The van der Waals surface area contributed by atoms with Crippen LogP contribution in [0.25, 0.3) is 0 Å². The molecule has 0 aromatic carbocycles. The van der Waals surface area contributed by atoms with Gasteiger partial charge in [-0.3, -0.25) is 9.59 Å². The van der Waals surface area contributed by atoms with Crippen molar-refractivity contribution in [1.29, 1.82) is 0 Å². The number of ether oxygens (including phenoxy) is 1. The van der Waals surface area contributed by atoms with Crippen molar-refractivity contribution in [2.24, 2.45) is 11.8 Å². The molecule has 0 fully saturated rings. The van der Waals surface area contributed by atoms with Crippen LogP contribution in [0.5, 0.6) is 0 Å². The summed E-state index contributed by atoms with van der Waals surface area (Å²) in [5, 5.41) is 0. The molecule has 0 saturated carbocycles. The lowest BCUT2D eigenvalue weighted by Crippen LogP contribution is -2.21. The maximum atomic E-state index is 11.3. The fourth-order valence-corrected chi connectivity index (χ4v) is 1.76. The third kappa shape index (κ3) is 6.26. The summed E-state index contributed by atoms with van der Waals surface area (Å²) in [5.74, 6) is 0.404. The van der Waals surface area contributed by atoms with Gasteiger partial charge >= 0.3 is 5.97 Å². The second kappa shape index (κ2) is 6.59. The van der Waals surface area contributed by atoms with Crippen LogP contribution < -0.4 is 0 Å². The van der Waals surface area contributed by atoms with Crippen molar-refractivity contribution in [2.75, 3.05) is 0 Å². The van der Waals surface area contributed by atoms with E-state index in [1.807, 2.05) is 20.8 Å². The first-order chi connectivity index (χ1) is 6.84. The Bertz CT molecular complexity index is 221. The molecule has 3 nitrogen and oxygen atoms in total. The average molecular weight is 214 g/mol. The predicted molar refractivity (Wildman–Crippen MR) is 59.5 cm³/mol. The van der Waals surface area contributed by atoms with Gasteiger partial charge in [0.1, 0.15) is 5.78 Å². The monoisotopic (exact) mass is 214 g/mol. The molecular formula is C12H22O3. The number of carbonyl (C=O) groups is 2. The van der Waals surface area contributed by atoms with Crippen molar-refractivity contribution in [2.45, 2.75) is 53.6 Å². The molecule has 0 aliphatic carbocycles. The normalized spacial score (nSPS) is 14.8. The minimum atomic E-state index is -0.258. The Hall–Kier alpha value is -0.860. The Kier molecular flexibility index (Phi) is 6.21. The Balaban J connectivity index is 3.99. The molecule has 3 heteroatoms. The number of rotatable bonds is 6. The van der Waals surface area contributed by atoms with E-state index in [2.05, 4.69) is 0 Å². The molecule has 0 saturated heterocycles. The quantitative estimate of drug-likeness (QED) is 0.638. The summed E-state index contributed by atoms with van der Waals surface area (Å²) in [6, 6.07) is 0. The van der Waals surface area contributed by atoms with Gasteiger partial charge in [0.25, 0.3) is 0 Å². The Morgan fingerprint density at radius 2 is 1.60 bits per heavy atom. The highest BCUT2D eigenvalue weighted by Crippen LogP contribution is 2.19. The maximum absolute atomic E-state index is 11.3. The van der Waals surface area contributed by atoms with Gasteiger partial charge in [-0.1, -0.05) is 13.8 Å². The molecular weight excluding hydrogens is 192 g/mol. The third-order valence-corrected chi connectivity index (χ3v) is 2.58. The summed E-state index contributed by atoms with van der Waals surface area (Å²) in [6.07, 6.45) is 1.45. The first-order valence-electron chi connectivity index (χ1n) is 5.52. The molecule has 0 spiro atoms. The summed E-state index contributed by atoms with van der Waals surface area (Å²) in [7, 11) is 0. The van der Waals surface area contributed by atoms with Crippen LogP contribution in [0.2, 0.25) is 0 Å². The van der Waals surface area contributed by atoms with Crippen molar-refractivity contribution < 1.29 is 14.3 Å². The summed E-state index contributed by atoms with van der Waals surface area (Å²) in [6.45, 7) is 8.98. The molecule has 0 N–H and O–H groups in total. The average Bonchev–Trinajstić information content (AvgIpc) is 2.00. The highest BCUT2D eigenvalue weighted by molar-refractivity contribution is 5.78. The highest BCUT2D eigenvalue weighted by Gasteiger charge is 2.19. The maximum Gasteiger partial charge on any atom is 0.302 e. The van der Waals surface area contributed by atoms with Crippen LogP contribution >= 0.6 is 0 Å². The molecule has 0 heterocycles. The van der Waals surface area contributed by atoms with Gasteiger partial charge in [-0.15, -0.1) is 0 Å². The molecule has 0 bridgehead atoms. The molecule has 2 unspecified atom stereocenters. The molecule has 0 amide bonds. The van der Waals surface area contributed by atoms with Crippen molar-refractivity contribution in [3.05, 3.63) is 0 Å². The molecule has 0 aliphatic rings. The first-order valence-corrected chi connectivity index (χ1v) is 5.52. The minimum absolute atomic E-state index is 0.0861. The van der Waals surface area contributed by atoms with Gasteiger partial charge in [0, 0.05) is 12.8 Å². The molecule has 0 aromatic heterocycles. The number of hydrogen-bond donors (Lipinski definition) is 0. The van der Waals surface area contributed by atoms with Gasteiger partial charge in [-0.05, 0) is 32.6 Å². The molecule has 2 atom stereocenters. The zero-order chi connectivity index (χ0) is 12.0. The number of ketones is 1. The van der Waals surface area contributed by atoms with E-state index in [1.54, 1.807) is 6.92 Å². The fourth-order valence-electron chi connectivity index (χ4n) is 1.76. The zero-order valence-corrected chi connectivity index (χ0v) is 10.4. The van der Waals surface area contributed by atoms with Gasteiger partial charge in [0.15, 0.2) is 0 Å². The van der Waals surface area contributed by atoms with Crippen molar-refractivity contribution in [3.63, 3.8) is 0 Å². The van der Waals surface area contributed by atoms with Crippen LogP contribution in [-0.2, 0) is 14.3 Å². The van der Waals surface area contributed by atoms with E-state index in [9.17, 15) is 9.59 Å². The van der Waals surface area contributed by atoms with E-state index in [4.69, 9.17) is 4.74 Å². The number of Topliss-reactive ketones (excluding diaryl/α,β-unsaturated/α-hetero) is 1. The zero-order valence-electron chi connectivity index (χ0n) is 10.4. The summed E-state index contributed by atoms with van der Waals surface area (Å²) in [4.78, 5) is 22.0. The number of esters is 1. The molecule has 0 aliphatic heterocycles. The van der Waals surface area contributed by atoms with Gasteiger partial charge in [-0.2, -0.15) is 0 Å². The Labute approximate surface area is 92.2 Å². The molecule has 0 rings (SSSR count). The van der Waals surface area contributed by atoms with Crippen molar-refractivity contribution >= 4 is 11.8 Å². The van der Waals surface area contributed by atoms with Crippen LogP contribution in [0.1, 0.15) is 47.5 Å². The van der Waals surface area contributed by atoms with Crippen molar-refractivity contribution in [1.82, 2.24) is 0 Å². The molecule has 15 heavy (non-hydrogen) atoms. The van der Waals surface area contributed by atoms with E-state index >= 15 is 0 Å². The first kappa shape index (κ1) is 14.1. The standard InChI is InChI=1S/C12H22O3/c1-8(2)12(10(4)13)7-6-9(3)15-11(5)14/h8-9,12H,6-7H2,1-5H3. The van der Waals surface area contributed by atoms with Gasteiger partial charge in [-0.25, -0.2) is 0 Å². The van der Waals surface area contributed by atoms with Crippen LogP contribution in [0.4, 0.5) is 0 Å². The van der Waals surface area contributed by atoms with E-state index in [0.717, 1.165) is 12.8 Å². The fraction of sp³-hybridized carbons (Fsp3) is 0.833. The summed E-state index contributed by atoms with van der Waals surface area (Å²) >= 11 is 0. The largest absolute Gasteiger partial charge is 0.463 e. The number of carbonyl (C=O) groups excluding carboxylic acids is 2. The summed E-state index contributed by atoms with van der Waals surface area (Å²) in [5.41, 5.74) is 0. The van der Waals surface area contributed by atoms with Gasteiger partial charge in [0.05, 0.1) is 6.10 Å². The van der Waals surface area contributed by atoms with Crippen molar-refractivity contribution in [3.8, 4) is 0 Å². The lowest BCUT2D eigenvalue weighted by atomic mass is 9.87. The van der Waals surface area contributed by atoms with E-state index in [0.29, 0.717) is 5.92 Å². The van der Waals surface area contributed by atoms with Crippen LogP contribution in [0, 0.1) is 11.8 Å². The topological polar surface area (TPSA) is 43.4 Å². The van der Waals surface area contributed by atoms with Gasteiger partial charge in [0.2, 0.25) is 0 Å². The predicted octanol–water partition coefficient (Wildman–Crippen LogP) is 2.58. The minimum Gasteiger partial charge on any atom is -0.463 e. The second-order valence-electron chi connectivity index (χ2n) is 4.46. The SMILES string of the molecule is CC(=O)OC(C)CCC(C(C)=O)C(C)C. The van der Waals surface area contributed by atoms with Gasteiger partial charge < -0.3 is 4.74 Å². The Morgan fingerprint density at radius 1 is 1.07 bits per heavy atom. The lowest BCUT2D eigenvalue weighted by molar-refractivity contribution is -0.145. The van der Waals surface area contributed by atoms with Crippen LogP contribution in [0.3, 0.4) is 0 Å². The smallest absolute Gasteiger partial charge is 0.302 e. The van der Waals surface area contributed by atoms with E-state index in [-0.39, 0.29) is 23.8 Å². The highest BCUT2D eigenvalue weighted by atomic mass is 16.5. The lowest BCUT2D eigenvalue weighted by Gasteiger charge is -2.19. The third-order valence-electron chi connectivity index (χ3n) is 2.58. The molecule has 0 aromatic rings. The second-order valence-corrected chi connectivity index (χ2v) is 4.46. The number of hydrogen-bond acceptors (Lipinski definition) is 3. The van der Waals surface area contributed by atoms with E-state index < -0.39 is 0 Å². The molecule has 0 radical (unpaired) electrons.